The lowest BCUT2D eigenvalue weighted by Gasteiger charge is -2.21. The number of hydrogen-bond acceptors (Lipinski definition) is 3. The van der Waals surface area contributed by atoms with Gasteiger partial charge in [-0.25, -0.2) is 4.39 Å². The Bertz CT molecular complexity index is 751. The fraction of sp³-hybridized carbons (Fsp3) is 0.188. The number of rotatable bonds is 6. The van der Waals surface area contributed by atoms with Crippen LogP contribution in [-0.2, 0) is 11.2 Å². The first-order valence-corrected chi connectivity index (χ1v) is 7.56. The van der Waals surface area contributed by atoms with E-state index in [1.54, 1.807) is 18.2 Å². The summed E-state index contributed by atoms with van der Waals surface area (Å²) in [5, 5.41) is -1.58. The molecular formula is C16H10Cl2F4O3. The van der Waals surface area contributed by atoms with E-state index in [4.69, 9.17) is 27.9 Å². The third kappa shape index (κ3) is 5.59. The van der Waals surface area contributed by atoms with Gasteiger partial charge in [0.1, 0.15) is 5.75 Å². The van der Waals surface area contributed by atoms with Crippen LogP contribution in [0, 0.1) is 5.82 Å². The standard InChI is InChI=1S/C16H10Cl2F4O3/c17-11-7-6-9(13(14(11)19)15(18)23)8-12(25-16(20,21)22)24-10-4-2-1-3-5-10/h1-7,12H,8H2. The molecule has 0 saturated heterocycles. The topological polar surface area (TPSA) is 35.5 Å². The van der Waals surface area contributed by atoms with Crippen molar-refractivity contribution in [1.29, 1.82) is 0 Å². The Morgan fingerprint density at radius 2 is 1.76 bits per heavy atom. The van der Waals surface area contributed by atoms with Crippen molar-refractivity contribution in [2.45, 2.75) is 19.1 Å². The van der Waals surface area contributed by atoms with Crippen LogP contribution in [0.25, 0.3) is 0 Å². The maximum Gasteiger partial charge on any atom is 0.525 e. The van der Waals surface area contributed by atoms with Crippen LogP contribution < -0.4 is 4.74 Å². The summed E-state index contributed by atoms with van der Waals surface area (Å²) in [6.07, 6.45) is -7.45. The molecule has 0 aliphatic heterocycles. The predicted molar refractivity (Wildman–Crippen MR) is 83.3 cm³/mol. The van der Waals surface area contributed by atoms with E-state index in [9.17, 15) is 22.4 Å². The fourth-order valence-electron chi connectivity index (χ4n) is 2.06. The van der Waals surface area contributed by atoms with Crippen molar-refractivity contribution in [3.63, 3.8) is 0 Å². The van der Waals surface area contributed by atoms with Crippen molar-refractivity contribution in [3.8, 4) is 5.75 Å². The van der Waals surface area contributed by atoms with Crippen molar-refractivity contribution in [2.75, 3.05) is 0 Å². The van der Waals surface area contributed by atoms with Crippen LogP contribution in [0.2, 0.25) is 5.02 Å². The smallest absolute Gasteiger partial charge is 0.464 e. The molecule has 0 heterocycles. The van der Waals surface area contributed by atoms with Gasteiger partial charge in [0.25, 0.3) is 5.24 Å². The molecule has 0 bridgehead atoms. The highest BCUT2D eigenvalue weighted by atomic mass is 35.5. The van der Waals surface area contributed by atoms with Gasteiger partial charge in [-0.15, -0.1) is 13.2 Å². The van der Waals surface area contributed by atoms with Gasteiger partial charge in [0.2, 0.25) is 6.29 Å². The lowest BCUT2D eigenvalue weighted by Crippen LogP contribution is -2.31. The Morgan fingerprint density at radius 3 is 2.32 bits per heavy atom. The molecule has 9 heteroatoms. The second-order valence-electron chi connectivity index (χ2n) is 4.80. The van der Waals surface area contributed by atoms with Crippen LogP contribution in [0.3, 0.4) is 0 Å². The summed E-state index contributed by atoms with van der Waals surface area (Å²) in [5.41, 5.74) is -0.756. The van der Waals surface area contributed by atoms with Crippen molar-refractivity contribution in [3.05, 3.63) is 64.4 Å². The second kappa shape index (κ2) is 8.03. The first-order chi connectivity index (χ1) is 11.7. The first kappa shape index (κ1) is 19.5. The third-order valence-corrected chi connectivity index (χ3v) is 3.52. The molecule has 0 aliphatic carbocycles. The monoisotopic (exact) mass is 396 g/mol. The highest BCUT2D eigenvalue weighted by Gasteiger charge is 2.35. The molecule has 0 radical (unpaired) electrons. The van der Waals surface area contributed by atoms with Crippen LogP contribution in [0.15, 0.2) is 42.5 Å². The zero-order valence-electron chi connectivity index (χ0n) is 12.3. The van der Waals surface area contributed by atoms with Crippen LogP contribution >= 0.6 is 23.2 Å². The molecule has 134 valence electrons. The summed E-state index contributed by atoms with van der Waals surface area (Å²) < 4.78 is 60.9. The Labute approximate surface area is 150 Å². The van der Waals surface area contributed by atoms with Crippen molar-refractivity contribution in [1.82, 2.24) is 0 Å². The molecule has 0 fully saturated rings. The Kier molecular flexibility index (Phi) is 6.26. The average Bonchev–Trinajstić information content (AvgIpc) is 2.50. The van der Waals surface area contributed by atoms with Crippen molar-refractivity contribution < 1.29 is 31.8 Å². The predicted octanol–water partition coefficient (Wildman–Crippen LogP) is 5.34. The SMILES string of the molecule is O=C(Cl)c1c(CC(Oc2ccccc2)OC(F)(F)F)ccc(Cl)c1F. The maximum absolute atomic E-state index is 14.0. The summed E-state index contributed by atoms with van der Waals surface area (Å²) in [7, 11) is 0. The molecule has 0 amide bonds. The minimum Gasteiger partial charge on any atom is -0.464 e. The largest absolute Gasteiger partial charge is 0.525 e. The zero-order valence-corrected chi connectivity index (χ0v) is 13.8. The van der Waals surface area contributed by atoms with Crippen LogP contribution in [0.1, 0.15) is 15.9 Å². The number of carbonyl (C=O) groups excluding carboxylic acids is 1. The van der Waals surface area contributed by atoms with Crippen LogP contribution in [0.4, 0.5) is 17.6 Å². The quantitative estimate of drug-likeness (QED) is 0.375. The molecule has 0 spiro atoms. The number of benzene rings is 2. The lowest BCUT2D eigenvalue weighted by atomic mass is 10.0. The second-order valence-corrected chi connectivity index (χ2v) is 5.55. The zero-order chi connectivity index (χ0) is 18.6. The van der Waals surface area contributed by atoms with Gasteiger partial charge in [0, 0.05) is 6.42 Å². The molecule has 0 N–H and O–H groups in total. The van der Waals surface area contributed by atoms with E-state index in [1.807, 2.05) is 0 Å². The summed E-state index contributed by atoms with van der Waals surface area (Å²) in [6.45, 7) is 0. The molecule has 0 aliphatic rings. The minimum atomic E-state index is -5.00. The third-order valence-electron chi connectivity index (χ3n) is 3.04. The van der Waals surface area contributed by atoms with E-state index < -0.39 is 35.7 Å². The van der Waals surface area contributed by atoms with Gasteiger partial charge in [-0.2, -0.15) is 0 Å². The van der Waals surface area contributed by atoms with Gasteiger partial charge in [-0.05, 0) is 35.4 Å². The summed E-state index contributed by atoms with van der Waals surface area (Å²) in [5.74, 6) is -1.02. The molecule has 0 aromatic heterocycles. The van der Waals surface area contributed by atoms with E-state index in [0.29, 0.717) is 0 Å². The van der Waals surface area contributed by atoms with Crippen LogP contribution in [0.5, 0.6) is 5.75 Å². The van der Waals surface area contributed by atoms with Gasteiger partial charge in [-0.1, -0.05) is 35.9 Å². The molecule has 25 heavy (non-hydrogen) atoms. The molecule has 1 atom stereocenters. The van der Waals surface area contributed by atoms with E-state index in [1.165, 1.54) is 18.2 Å². The lowest BCUT2D eigenvalue weighted by molar-refractivity contribution is -0.366. The van der Waals surface area contributed by atoms with Crippen molar-refractivity contribution in [2.24, 2.45) is 0 Å². The molecule has 0 saturated carbocycles. The van der Waals surface area contributed by atoms with Gasteiger partial charge in [-0.3, -0.25) is 9.53 Å². The number of hydrogen-bond donors (Lipinski definition) is 0. The number of para-hydroxylation sites is 1. The first-order valence-electron chi connectivity index (χ1n) is 6.80. The Hall–Kier alpha value is -1.83. The summed E-state index contributed by atoms with van der Waals surface area (Å²) in [6, 6.07) is 9.87. The highest BCUT2D eigenvalue weighted by molar-refractivity contribution is 6.68. The van der Waals surface area contributed by atoms with Gasteiger partial charge < -0.3 is 4.74 Å². The van der Waals surface area contributed by atoms with Gasteiger partial charge in [0.15, 0.2) is 5.82 Å². The molecule has 2 aromatic rings. The molecular weight excluding hydrogens is 387 g/mol. The van der Waals surface area contributed by atoms with E-state index in [2.05, 4.69) is 4.74 Å². The highest BCUT2D eigenvalue weighted by Crippen LogP contribution is 2.28. The molecule has 1 unspecified atom stereocenters. The number of ether oxygens (including phenoxy) is 2. The summed E-state index contributed by atoms with van der Waals surface area (Å²) in [4.78, 5) is 11.4. The number of alkyl halides is 3. The summed E-state index contributed by atoms with van der Waals surface area (Å²) >= 11 is 10.9. The van der Waals surface area contributed by atoms with Gasteiger partial charge in [0.05, 0.1) is 10.6 Å². The maximum atomic E-state index is 14.0. The van der Waals surface area contributed by atoms with E-state index >= 15 is 0 Å². The fourth-order valence-corrected chi connectivity index (χ4v) is 2.42. The van der Waals surface area contributed by atoms with E-state index in [0.717, 1.165) is 6.07 Å². The Balaban J connectivity index is 2.33. The molecule has 2 aromatic carbocycles. The van der Waals surface area contributed by atoms with Crippen LogP contribution in [-0.4, -0.2) is 17.9 Å². The molecule has 2 rings (SSSR count). The van der Waals surface area contributed by atoms with Crippen molar-refractivity contribution >= 4 is 28.4 Å². The molecule has 3 nitrogen and oxygen atoms in total. The number of carbonyl (C=O) groups is 1. The minimum absolute atomic E-state index is 0.102. The van der Waals surface area contributed by atoms with E-state index in [-0.39, 0.29) is 16.3 Å². The normalized spacial score (nSPS) is 12.7. The average molecular weight is 397 g/mol. The Morgan fingerprint density at radius 1 is 1.12 bits per heavy atom. The number of halogens is 6. The van der Waals surface area contributed by atoms with Gasteiger partial charge >= 0.3 is 6.36 Å².